The van der Waals surface area contributed by atoms with Crippen molar-refractivity contribution in [3.05, 3.63) is 59.1 Å². The molecular formula is C20H27ClNO3P. The van der Waals surface area contributed by atoms with E-state index in [1.807, 2.05) is 31.1 Å². The molecule has 0 aliphatic carbocycles. The highest BCUT2D eigenvalue weighted by molar-refractivity contribution is 7.67. The first-order valence-corrected chi connectivity index (χ1v) is 10.8. The molecule has 0 unspecified atom stereocenters. The fourth-order valence-electron chi connectivity index (χ4n) is 2.50. The third-order valence-electron chi connectivity index (χ3n) is 4.19. The van der Waals surface area contributed by atoms with Gasteiger partial charge in [-0.05, 0) is 54.3 Å². The van der Waals surface area contributed by atoms with Crippen molar-refractivity contribution in [3.63, 3.8) is 0 Å². The number of hydrogen-bond acceptors (Lipinski definition) is 4. The lowest BCUT2D eigenvalue weighted by Crippen LogP contribution is -2.16. The van der Waals surface area contributed by atoms with Crippen LogP contribution in [0.5, 0.6) is 0 Å². The van der Waals surface area contributed by atoms with E-state index in [0.717, 1.165) is 12.1 Å². The Hall–Kier alpha value is -1.32. The maximum absolute atomic E-state index is 13.7. The molecule has 2 atom stereocenters. The van der Waals surface area contributed by atoms with Crippen molar-refractivity contribution in [1.82, 2.24) is 0 Å². The van der Waals surface area contributed by atoms with E-state index in [1.165, 1.54) is 0 Å². The second kappa shape index (κ2) is 9.05. The van der Waals surface area contributed by atoms with Gasteiger partial charge in [-0.15, -0.1) is 0 Å². The Kier molecular flexibility index (Phi) is 7.31. The summed E-state index contributed by atoms with van der Waals surface area (Å²) < 4.78 is 19.6. The quantitative estimate of drug-likeness (QED) is 0.634. The van der Waals surface area contributed by atoms with Crippen LogP contribution in [0.15, 0.2) is 48.5 Å². The number of halogens is 1. The summed E-state index contributed by atoms with van der Waals surface area (Å²) in [6.45, 7) is 4.49. The monoisotopic (exact) mass is 395 g/mol. The third kappa shape index (κ3) is 5.11. The van der Waals surface area contributed by atoms with Crippen LogP contribution in [0.4, 0.5) is 5.69 Å². The molecule has 0 aliphatic rings. The van der Waals surface area contributed by atoms with Crippen LogP contribution < -0.4 is 10.2 Å². The first-order chi connectivity index (χ1) is 12.2. The Morgan fingerprint density at radius 2 is 1.65 bits per heavy atom. The summed E-state index contributed by atoms with van der Waals surface area (Å²) in [5.74, 6) is -0.815. The number of anilines is 1. The van der Waals surface area contributed by atoms with Gasteiger partial charge < -0.3 is 14.5 Å². The second-order valence-electron chi connectivity index (χ2n) is 6.95. The lowest BCUT2D eigenvalue weighted by atomic mass is 10.2. The van der Waals surface area contributed by atoms with Crippen molar-refractivity contribution in [1.29, 1.82) is 0 Å². The number of aliphatic hydroxyl groups excluding tert-OH is 1. The van der Waals surface area contributed by atoms with Gasteiger partial charge in [-0.1, -0.05) is 37.6 Å². The molecule has 1 N–H and O–H groups in total. The maximum atomic E-state index is 13.7. The van der Waals surface area contributed by atoms with E-state index in [1.54, 1.807) is 36.4 Å². The van der Waals surface area contributed by atoms with E-state index in [0.29, 0.717) is 28.4 Å². The maximum Gasteiger partial charge on any atom is 0.264 e. The molecule has 0 saturated heterocycles. The van der Waals surface area contributed by atoms with Gasteiger partial charge >= 0.3 is 0 Å². The summed E-state index contributed by atoms with van der Waals surface area (Å²) in [7, 11) is 0.369. The standard InChI is InChI=1S/C20H27ClNO3P/c1-15(2)13-14-25-26(24,19-11-9-18(10-12-19)22(3)4)20(23)16-5-7-17(21)8-6-16/h5-12,15,20,23H,13-14H2,1-4H3/t20-,26+/m0/s1. The molecule has 0 amide bonds. The zero-order valence-electron chi connectivity index (χ0n) is 15.7. The van der Waals surface area contributed by atoms with Gasteiger partial charge in [0, 0.05) is 30.1 Å². The molecule has 0 bridgehead atoms. The van der Waals surface area contributed by atoms with Gasteiger partial charge in [-0.2, -0.15) is 0 Å². The third-order valence-corrected chi connectivity index (χ3v) is 6.97. The molecule has 0 aromatic heterocycles. The van der Waals surface area contributed by atoms with Crippen molar-refractivity contribution in [3.8, 4) is 0 Å². The molecule has 0 radical (unpaired) electrons. The van der Waals surface area contributed by atoms with E-state index in [2.05, 4.69) is 13.8 Å². The van der Waals surface area contributed by atoms with Crippen molar-refractivity contribution < 1.29 is 14.2 Å². The van der Waals surface area contributed by atoms with Crippen molar-refractivity contribution >= 4 is 30.0 Å². The summed E-state index contributed by atoms with van der Waals surface area (Å²) in [6, 6.07) is 14.0. The minimum Gasteiger partial charge on any atom is -0.378 e. The van der Waals surface area contributed by atoms with Gasteiger partial charge in [-0.25, -0.2) is 0 Å². The Balaban J connectivity index is 2.37. The molecule has 6 heteroatoms. The minimum absolute atomic E-state index is 0.328. The van der Waals surface area contributed by atoms with Crippen LogP contribution in [0.25, 0.3) is 0 Å². The number of benzene rings is 2. The lowest BCUT2D eigenvalue weighted by Gasteiger charge is -2.25. The molecule has 2 aromatic carbocycles. The molecule has 2 aromatic rings. The minimum atomic E-state index is -3.51. The highest BCUT2D eigenvalue weighted by Crippen LogP contribution is 2.57. The molecule has 0 spiro atoms. The van der Waals surface area contributed by atoms with E-state index >= 15 is 0 Å². The van der Waals surface area contributed by atoms with Crippen molar-refractivity contribution in [2.45, 2.75) is 26.1 Å². The lowest BCUT2D eigenvalue weighted by molar-refractivity contribution is 0.209. The van der Waals surface area contributed by atoms with Crippen LogP contribution in [0.3, 0.4) is 0 Å². The van der Waals surface area contributed by atoms with Crippen molar-refractivity contribution in [2.24, 2.45) is 5.92 Å². The molecule has 0 fully saturated rings. The Morgan fingerprint density at radius 3 is 2.15 bits per heavy atom. The molecule has 0 heterocycles. The van der Waals surface area contributed by atoms with Gasteiger partial charge in [0.2, 0.25) is 0 Å². The molecule has 2 rings (SSSR count). The SMILES string of the molecule is CC(C)CCO[P@](=O)(c1ccc(N(C)C)cc1)[C@H](O)c1ccc(Cl)cc1. The predicted octanol–water partition coefficient (Wildman–Crippen LogP) is 5.06. The number of nitrogens with zero attached hydrogens (tertiary/aromatic N) is 1. The highest BCUT2D eigenvalue weighted by Gasteiger charge is 2.36. The molecule has 26 heavy (non-hydrogen) atoms. The topological polar surface area (TPSA) is 49.8 Å². The van der Waals surface area contributed by atoms with Crippen molar-refractivity contribution in [2.75, 3.05) is 25.6 Å². The number of rotatable bonds is 8. The summed E-state index contributed by atoms with van der Waals surface area (Å²) >= 11 is 5.93. The molecular weight excluding hydrogens is 369 g/mol. The van der Waals surface area contributed by atoms with Gasteiger partial charge in [0.25, 0.3) is 7.37 Å². The second-order valence-corrected chi connectivity index (χ2v) is 9.84. The molecule has 4 nitrogen and oxygen atoms in total. The smallest absolute Gasteiger partial charge is 0.264 e. The van der Waals surface area contributed by atoms with Gasteiger partial charge in [0.05, 0.1) is 6.61 Å². The van der Waals surface area contributed by atoms with Gasteiger partial charge in [0.15, 0.2) is 5.85 Å². The Labute approximate surface area is 161 Å². The van der Waals surface area contributed by atoms with Crippen LogP contribution in [0, 0.1) is 5.92 Å². The highest BCUT2D eigenvalue weighted by atomic mass is 35.5. The number of hydrogen-bond donors (Lipinski definition) is 1. The van der Waals surface area contributed by atoms with Crippen LogP contribution in [0.1, 0.15) is 31.7 Å². The summed E-state index contributed by atoms with van der Waals surface area (Å²) in [5.41, 5.74) is 1.52. The molecule has 142 valence electrons. The molecule has 0 saturated carbocycles. The fourth-order valence-corrected chi connectivity index (χ4v) is 4.70. The van der Waals surface area contributed by atoms with Crippen LogP contribution in [-0.2, 0) is 9.09 Å². The zero-order valence-corrected chi connectivity index (χ0v) is 17.4. The fraction of sp³-hybridized carbons (Fsp3) is 0.400. The van der Waals surface area contributed by atoms with Crippen LogP contribution in [-0.4, -0.2) is 25.8 Å². The first kappa shape index (κ1) is 21.0. The predicted molar refractivity (Wildman–Crippen MR) is 110 cm³/mol. The average molecular weight is 396 g/mol. The van der Waals surface area contributed by atoms with Crippen LogP contribution >= 0.6 is 19.0 Å². The first-order valence-electron chi connectivity index (χ1n) is 8.70. The van der Waals surface area contributed by atoms with Gasteiger partial charge in [0.1, 0.15) is 0 Å². The Morgan fingerprint density at radius 1 is 1.08 bits per heavy atom. The zero-order chi connectivity index (χ0) is 19.3. The van der Waals surface area contributed by atoms with Gasteiger partial charge in [-0.3, -0.25) is 4.57 Å². The van der Waals surface area contributed by atoms with Crippen LogP contribution in [0.2, 0.25) is 5.02 Å². The number of aliphatic hydroxyl groups is 1. The van der Waals surface area contributed by atoms with E-state index in [-0.39, 0.29) is 0 Å². The van der Waals surface area contributed by atoms with E-state index < -0.39 is 13.2 Å². The normalized spacial score (nSPS) is 14.9. The molecule has 0 aliphatic heterocycles. The largest absolute Gasteiger partial charge is 0.378 e. The summed E-state index contributed by atoms with van der Waals surface area (Å²) in [4.78, 5) is 1.96. The Bertz CT molecular complexity index is 745. The van der Waals surface area contributed by atoms with E-state index in [9.17, 15) is 9.67 Å². The summed E-state index contributed by atoms with van der Waals surface area (Å²) in [5, 5.41) is 12.0. The van der Waals surface area contributed by atoms with E-state index in [4.69, 9.17) is 16.1 Å². The average Bonchev–Trinajstić information content (AvgIpc) is 2.61. The summed E-state index contributed by atoms with van der Waals surface area (Å²) in [6.07, 6.45) is 0.771.